The summed E-state index contributed by atoms with van der Waals surface area (Å²) < 4.78 is 62.1. The predicted molar refractivity (Wildman–Crippen MR) is 78.6 cm³/mol. The second-order valence-corrected chi connectivity index (χ2v) is 7.53. The van der Waals surface area contributed by atoms with Gasteiger partial charge < -0.3 is 9.80 Å². The van der Waals surface area contributed by atoms with Gasteiger partial charge in [-0.3, -0.25) is 0 Å². The molecule has 4 nitrogen and oxygen atoms in total. The summed E-state index contributed by atoms with van der Waals surface area (Å²) >= 11 is 0. The van der Waals surface area contributed by atoms with E-state index in [-0.39, 0.29) is 11.7 Å². The molecule has 0 saturated carbocycles. The number of nitrogens with zero attached hydrogens (tertiary/aromatic N) is 2. The van der Waals surface area contributed by atoms with Crippen LogP contribution in [-0.2, 0) is 9.84 Å². The molecule has 1 aromatic carbocycles. The van der Waals surface area contributed by atoms with Crippen molar-refractivity contribution in [1.82, 2.24) is 4.90 Å². The number of alkyl halides is 3. The van der Waals surface area contributed by atoms with Gasteiger partial charge in [-0.1, -0.05) is 12.1 Å². The Labute approximate surface area is 128 Å². The van der Waals surface area contributed by atoms with Crippen LogP contribution in [0.3, 0.4) is 0 Å². The van der Waals surface area contributed by atoms with Crippen molar-refractivity contribution < 1.29 is 21.6 Å². The van der Waals surface area contributed by atoms with Gasteiger partial charge in [0.25, 0.3) is 9.84 Å². The monoisotopic (exact) mass is 336 g/mol. The van der Waals surface area contributed by atoms with Crippen LogP contribution in [0.25, 0.3) is 0 Å². The average Bonchev–Trinajstić information content (AvgIpc) is 2.46. The number of para-hydroxylation sites is 1. The van der Waals surface area contributed by atoms with Crippen molar-refractivity contribution in [3.63, 3.8) is 0 Å². The first-order chi connectivity index (χ1) is 10.1. The van der Waals surface area contributed by atoms with E-state index in [1.54, 1.807) is 11.0 Å². The number of benzene rings is 1. The minimum Gasteiger partial charge on any atom is -0.369 e. The van der Waals surface area contributed by atoms with E-state index in [1.807, 2.05) is 19.0 Å². The summed E-state index contributed by atoms with van der Waals surface area (Å²) in [5.41, 5.74) is -5.16. The van der Waals surface area contributed by atoms with Gasteiger partial charge in [-0.25, -0.2) is 8.42 Å². The Morgan fingerprint density at radius 2 is 1.86 bits per heavy atom. The third-order valence-corrected chi connectivity index (χ3v) is 5.46. The summed E-state index contributed by atoms with van der Waals surface area (Å²) in [4.78, 5) is 3.07. The van der Waals surface area contributed by atoms with Crippen LogP contribution in [0.1, 0.15) is 12.8 Å². The lowest BCUT2D eigenvalue weighted by Gasteiger charge is -2.38. The molecule has 1 heterocycles. The van der Waals surface area contributed by atoms with Gasteiger partial charge in [0.2, 0.25) is 0 Å². The van der Waals surface area contributed by atoms with Gasteiger partial charge >= 0.3 is 5.51 Å². The van der Waals surface area contributed by atoms with Gasteiger partial charge in [0, 0.05) is 19.1 Å². The molecule has 2 rings (SSSR count). The third-order valence-electron chi connectivity index (χ3n) is 3.93. The smallest absolute Gasteiger partial charge is 0.369 e. The van der Waals surface area contributed by atoms with E-state index >= 15 is 0 Å². The molecule has 0 radical (unpaired) electrons. The van der Waals surface area contributed by atoms with Crippen molar-refractivity contribution in [2.75, 3.05) is 32.1 Å². The minimum atomic E-state index is -5.35. The molecular weight excluding hydrogens is 317 g/mol. The van der Waals surface area contributed by atoms with E-state index in [0.717, 1.165) is 18.9 Å². The molecule has 1 saturated heterocycles. The lowest BCUT2D eigenvalue weighted by Crippen LogP contribution is -2.45. The van der Waals surface area contributed by atoms with Crippen LogP contribution >= 0.6 is 0 Å². The fraction of sp³-hybridized carbons (Fsp3) is 0.571. The number of likely N-dealkylation sites (N-methyl/N-ethyl adjacent to an activating group) is 1. The molecule has 1 fully saturated rings. The molecule has 0 bridgehead atoms. The van der Waals surface area contributed by atoms with Crippen LogP contribution < -0.4 is 4.90 Å². The van der Waals surface area contributed by atoms with Crippen molar-refractivity contribution in [1.29, 1.82) is 0 Å². The first kappa shape index (κ1) is 17.1. The largest absolute Gasteiger partial charge is 0.501 e. The van der Waals surface area contributed by atoms with Crippen LogP contribution in [0.5, 0.6) is 0 Å². The third kappa shape index (κ3) is 3.22. The maximum atomic E-state index is 12.9. The maximum absolute atomic E-state index is 12.9. The second kappa shape index (κ2) is 6.08. The molecule has 0 spiro atoms. The van der Waals surface area contributed by atoms with E-state index in [0.29, 0.717) is 13.1 Å². The summed E-state index contributed by atoms with van der Waals surface area (Å²) in [6.45, 7) is 1.06. The average molecular weight is 336 g/mol. The molecular formula is C14H19F3N2O2S. The number of halogens is 3. The zero-order chi connectivity index (χ0) is 16.5. The van der Waals surface area contributed by atoms with E-state index in [2.05, 4.69) is 0 Å². The van der Waals surface area contributed by atoms with Crippen LogP contribution in [-0.4, -0.2) is 52.1 Å². The Kier molecular flexibility index (Phi) is 4.72. The van der Waals surface area contributed by atoms with Gasteiger partial charge in [0.1, 0.15) is 0 Å². The van der Waals surface area contributed by atoms with Crippen molar-refractivity contribution in [3.05, 3.63) is 24.3 Å². The van der Waals surface area contributed by atoms with E-state index < -0.39 is 20.2 Å². The van der Waals surface area contributed by atoms with Gasteiger partial charge in [-0.15, -0.1) is 0 Å². The molecule has 1 unspecified atom stereocenters. The Hall–Kier alpha value is -1.28. The number of hydrogen-bond donors (Lipinski definition) is 0. The SMILES string of the molecule is CN(C)C1CCCN(c2ccccc2S(=O)(=O)C(F)(F)F)C1. The normalized spacial score (nSPS) is 20.5. The molecule has 1 aliphatic rings. The highest BCUT2D eigenvalue weighted by molar-refractivity contribution is 7.92. The topological polar surface area (TPSA) is 40.6 Å². The van der Waals surface area contributed by atoms with Crippen molar-refractivity contribution >= 4 is 15.5 Å². The molecule has 0 amide bonds. The summed E-state index contributed by atoms with van der Waals surface area (Å²) in [7, 11) is -1.53. The van der Waals surface area contributed by atoms with E-state index in [1.165, 1.54) is 12.1 Å². The molecule has 22 heavy (non-hydrogen) atoms. The highest BCUT2D eigenvalue weighted by Crippen LogP contribution is 2.36. The number of rotatable bonds is 3. The highest BCUT2D eigenvalue weighted by Gasteiger charge is 2.48. The molecule has 1 atom stereocenters. The first-order valence-electron chi connectivity index (χ1n) is 6.96. The second-order valence-electron chi connectivity index (χ2n) is 5.62. The molecule has 1 aromatic rings. The summed E-state index contributed by atoms with van der Waals surface area (Å²) in [6, 6.07) is 5.53. The molecule has 8 heteroatoms. The van der Waals surface area contributed by atoms with Crippen LogP contribution in [0, 0.1) is 0 Å². The fourth-order valence-corrected chi connectivity index (χ4v) is 3.64. The van der Waals surface area contributed by atoms with Gasteiger partial charge in [0.05, 0.1) is 10.6 Å². The van der Waals surface area contributed by atoms with Crippen molar-refractivity contribution in [2.24, 2.45) is 0 Å². The molecule has 0 aromatic heterocycles. The lowest BCUT2D eigenvalue weighted by atomic mass is 10.0. The Balaban J connectivity index is 2.41. The quantitative estimate of drug-likeness (QED) is 0.850. The van der Waals surface area contributed by atoms with Gasteiger partial charge in [0.15, 0.2) is 0 Å². The van der Waals surface area contributed by atoms with Crippen molar-refractivity contribution in [2.45, 2.75) is 29.3 Å². The molecule has 0 aliphatic carbocycles. The number of hydrogen-bond acceptors (Lipinski definition) is 4. The van der Waals surface area contributed by atoms with E-state index in [9.17, 15) is 21.6 Å². The lowest BCUT2D eigenvalue weighted by molar-refractivity contribution is -0.0435. The Morgan fingerprint density at radius 1 is 1.23 bits per heavy atom. The highest BCUT2D eigenvalue weighted by atomic mass is 32.2. The summed E-state index contributed by atoms with van der Waals surface area (Å²) in [5, 5.41) is 0. The maximum Gasteiger partial charge on any atom is 0.501 e. The fourth-order valence-electron chi connectivity index (χ4n) is 2.67. The Bertz CT molecular complexity index is 629. The summed E-state index contributed by atoms with van der Waals surface area (Å²) in [5.74, 6) is 0. The van der Waals surface area contributed by atoms with Gasteiger partial charge in [-0.2, -0.15) is 13.2 Å². The van der Waals surface area contributed by atoms with Gasteiger partial charge in [-0.05, 0) is 39.1 Å². The van der Waals surface area contributed by atoms with Crippen molar-refractivity contribution in [3.8, 4) is 0 Å². The number of anilines is 1. The number of piperidine rings is 1. The van der Waals surface area contributed by atoms with Crippen LogP contribution in [0.15, 0.2) is 29.2 Å². The Morgan fingerprint density at radius 3 is 2.45 bits per heavy atom. The first-order valence-corrected chi connectivity index (χ1v) is 8.44. The zero-order valence-corrected chi connectivity index (χ0v) is 13.3. The molecule has 1 aliphatic heterocycles. The number of sulfone groups is 1. The standard InChI is InChI=1S/C14H19F3N2O2S/c1-18(2)11-6-5-9-19(10-11)12-7-3-4-8-13(12)22(20,21)14(15,16)17/h3-4,7-8,11H,5-6,9-10H2,1-2H3. The van der Waals surface area contributed by atoms with E-state index in [4.69, 9.17) is 0 Å². The zero-order valence-electron chi connectivity index (χ0n) is 12.5. The summed E-state index contributed by atoms with van der Waals surface area (Å²) in [6.07, 6.45) is 1.75. The van der Waals surface area contributed by atoms with Crippen LogP contribution in [0.4, 0.5) is 18.9 Å². The molecule has 0 N–H and O–H groups in total. The molecule has 124 valence electrons. The minimum absolute atomic E-state index is 0.131. The predicted octanol–water partition coefficient (Wildman–Crippen LogP) is 2.51. The van der Waals surface area contributed by atoms with Crippen LogP contribution in [0.2, 0.25) is 0 Å².